The number of nitrogens with zero attached hydrogens (tertiary/aromatic N) is 1. The molecule has 0 amide bonds. The molecule has 0 spiro atoms. The maximum absolute atomic E-state index is 13.3. The predicted molar refractivity (Wildman–Crippen MR) is 74.8 cm³/mol. The van der Waals surface area contributed by atoms with Crippen LogP contribution in [0, 0.1) is 5.82 Å². The molecule has 0 fully saturated rings. The molecular weight excluding hydrogens is 273 g/mol. The van der Waals surface area contributed by atoms with E-state index >= 15 is 0 Å². The van der Waals surface area contributed by atoms with E-state index in [1.807, 2.05) is 0 Å². The molecule has 0 saturated carbocycles. The van der Waals surface area contributed by atoms with Gasteiger partial charge in [0.15, 0.2) is 0 Å². The SMILES string of the molecule is NC(=S)c1cccnc1Nc1ccc(Cl)c(F)c1. The summed E-state index contributed by atoms with van der Waals surface area (Å²) < 4.78 is 13.3. The van der Waals surface area contributed by atoms with Crippen LogP contribution in [0.4, 0.5) is 15.9 Å². The van der Waals surface area contributed by atoms with Crippen LogP contribution in [0.2, 0.25) is 5.02 Å². The number of hydrogen-bond donors (Lipinski definition) is 2. The van der Waals surface area contributed by atoms with E-state index in [9.17, 15) is 4.39 Å². The Labute approximate surface area is 114 Å². The zero-order valence-electron chi connectivity index (χ0n) is 9.15. The molecule has 3 N–H and O–H groups in total. The van der Waals surface area contributed by atoms with Crippen molar-refractivity contribution in [1.82, 2.24) is 4.98 Å². The number of rotatable bonds is 3. The number of halogens is 2. The number of aromatic nitrogens is 1. The first-order valence-corrected chi connectivity index (χ1v) is 5.83. The number of anilines is 2. The first-order chi connectivity index (χ1) is 8.58. The Balaban J connectivity index is 2.34. The normalized spacial score (nSPS) is 10.1. The summed E-state index contributed by atoms with van der Waals surface area (Å²) in [5, 5.41) is 3.01. The molecule has 6 heteroatoms. The van der Waals surface area contributed by atoms with Gasteiger partial charge in [-0.05, 0) is 30.3 Å². The molecule has 0 aliphatic rings. The van der Waals surface area contributed by atoms with Gasteiger partial charge in [0.1, 0.15) is 16.6 Å². The first-order valence-electron chi connectivity index (χ1n) is 5.05. The van der Waals surface area contributed by atoms with Crippen LogP contribution in [0.25, 0.3) is 0 Å². The van der Waals surface area contributed by atoms with Gasteiger partial charge in [0.25, 0.3) is 0 Å². The molecule has 2 rings (SSSR count). The summed E-state index contributed by atoms with van der Waals surface area (Å²) in [7, 11) is 0. The first kappa shape index (κ1) is 12.7. The molecule has 0 radical (unpaired) electrons. The number of nitrogens with one attached hydrogen (secondary N) is 1. The minimum Gasteiger partial charge on any atom is -0.389 e. The molecule has 0 aliphatic carbocycles. The van der Waals surface area contributed by atoms with Gasteiger partial charge in [0.2, 0.25) is 0 Å². The second kappa shape index (κ2) is 5.29. The fourth-order valence-electron chi connectivity index (χ4n) is 1.41. The van der Waals surface area contributed by atoms with Crippen LogP contribution < -0.4 is 11.1 Å². The number of hydrogen-bond acceptors (Lipinski definition) is 3. The average Bonchev–Trinajstić information content (AvgIpc) is 2.34. The van der Waals surface area contributed by atoms with Crippen LogP contribution in [0.3, 0.4) is 0 Å². The predicted octanol–water partition coefficient (Wildman–Crippen LogP) is 3.25. The van der Waals surface area contributed by atoms with Gasteiger partial charge >= 0.3 is 0 Å². The van der Waals surface area contributed by atoms with Crippen molar-refractivity contribution in [3.63, 3.8) is 0 Å². The Bertz CT molecular complexity index is 604. The van der Waals surface area contributed by atoms with Crippen LogP contribution in [0.15, 0.2) is 36.5 Å². The average molecular weight is 282 g/mol. The third-order valence-electron chi connectivity index (χ3n) is 2.26. The highest BCUT2D eigenvalue weighted by Crippen LogP contribution is 2.22. The van der Waals surface area contributed by atoms with Crippen molar-refractivity contribution < 1.29 is 4.39 Å². The van der Waals surface area contributed by atoms with E-state index in [1.54, 1.807) is 24.4 Å². The molecule has 3 nitrogen and oxygen atoms in total. The standard InChI is InChI=1S/C12H9ClFN3S/c13-9-4-3-7(6-10(9)14)17-12-8(11(15)18)2-1-5-16-12/h1-6H,(H2,15,18)(H,16,17). The van der Waals surface area contributed by atoms with Crippen molar-refractivity contribution in [2.45, 2.75) is 0 Å². The minimum absolute atomic E-state index is 0.0659. The van der Waals surface area contributed by atoms with E-state index in [4.69, 9.17) is 29.6 Å². The number of thiocarbonyl (C=S) groups is 1. The van der Waals surface area contributed by atoms with Gasteiger partial charge in [-0.3, -0.25) is 0 Å². The van der Waals surface area contributed by atoms with Gasteiger partial charge < -0.3 is 11.1 Å². The second-order valence-electron chi connectivity index (χ2n) is 3.52. The van der Waals surface area contributed by atoms with E-state index in [-0.39, 0.29) is 10.0 Å². The van der Waals surface area contributed by atoms with Gasteiger partial charge in [-0.2, -0.15) is 0 Å². The summed E-state index contributed by atoms with van der Waals surface area (Å²) in [6.45, 7) is 0. The van der Waals surface area contributed by atoms with Crippen LogP contribution in [-0.4, -0.2) is 9.97 Å². The zero-order chi connectivity index (χ0) is 13.1. The summed E-state index contributed by atoms with van der Waals surface area (Å²) in [5.74, 6) is -0.0267. The van der Waals surface area contributed by atoms with E-state index < -0.39 is 5.82 Å². The molecule has 0 saturated heterocycles. The molecule has 18 heavy (non-hydrogen) atoms. The molecule has 0 unspecified atom stereocenters. The van der Waals surface area contributed by atoms with Crippen LogP contribution in [0.5, 0.6) is 0 Å². The Hall–Kier alpha value is -1.72. The van der Waals surface area contributed by atoms with Gasteiger partial charge in [0.05, 0.1) is 10.6 Å². The molecule has 1 heterocycles. The highest BCUT2D eigenvalue weighted by molar-refractivity contribution is 7.80. The van der Waals surface area contributed by atoms with Gasteiger partial charge in [-0.15, -0.1) is 0 Å². The third kappa shape index (κ3) is 2.75. The molecule has 0 bridgehead atoms. The fraction of sp³-hybridized carbons (Fsp3) is 0. The summed E-state index contributed by atoms with van der Waals surface area (Å²) >= 11 is 10.5. The monoisotopic (exact) mass is 281 g/mol. The lowest BCUT2D eigenvalue weighted by atomic mass is 10.2. The molecule has 0 atom stereocenters. The van der Waals surface area contributed by atoms with Crippen molar-refractivity contribution in [2.75, 3.05) is 5.32 Å². The summed E-state index contributed by atoms with van der Waals surface area (Å²) in [4.78, 5) is 4.34. The lowest BCUT2D eigenvalue weighted by molar-refractivity contribution is 0.629. The van der Waals surface area contributed by atoms with Crippen molar-refractivity contribution in [3.05, 3.63) is 52.9 Å². The van der Waals surface area contributed by atoms with Crippen molar-refractivity contribution >= 4 is 40.3 Å². The van der Waals surface area contributed by atoms with Crippen molar-refractivity contribution in [1.29, 1.82) is 0 Å². The van der Waals surface area contributed by atoms with Crippen LogP contribution in [-0.2, 0) is 0 Å². The summed E-state index contributed by atoms with van der Waals surface area (Å²) in [6, 6.07) is 7.85. The van der Waals surface area contributed by atoms with E-state index in [1.165, 1.54) is 12.1 Å². The molecule has 2 aromatic rings. The minimum atomic E-state index is -0.505. The Morgan fingerprint density at radius 1 is 1.39 bits per heavy atom. The molecule has 0 aliphatic heterocycles. The van der Waals surface area contributed by atoms with Gasteiger partial charge in [0, 0.05) is 11.9 Å². The summed E-state index contributed by atoms with van der Waals surface area (Å²) in [5.41, 5.74) is 6.70. The zero-order valence-corrected chi connectivity index (χ0v) is 10.7. The quantitative estimate of drug-likeness (QED) is 0.848. The molecule has 92 valence electrons. The van der Waals surface area contributed by atoms with E-state index in [2.05, 4.69) is 10.3 Å². The Morgan fingerprint density at radius 3 is 2.83 bits per heavy atom. The smallest absolute Gasteiger partial charge is 0.143 e. The highest BCUT2D eigenvalue weighted by Gasteiger charge is 2.07. The Kier molecular flexibility index (Phi) is 3.74. The number of nitrogens with two attached hydrogens (primary N) is 1. The van der Waals surface area contributed by atoms with Gasteiger partial charge in [-0.1, -0.05) is 23.8 Å². The fourth-order valence-corrected chi connectivity index (χ4v) is 1.70. The lowest BCUT2D eigenvalue weighted by Crippen LogP contribution is -2.12. The molecule has 1 aromatic heterocycles. The number of pyridine rings is 1. The summed E-state index contributed by atoms with van der Waals surface area (Å²) in [6.07, 6.45) is 1.59. The van der Waals surface area contributed by atoms with E-state index in [0.717, 1.165) is 0 Å². The third-order valence-corrected chi connectivity index (χ3v) is 2.78. The van der Waals surface area contributed by atoms with Crippen molar-refractivity contribution in [3.8, 4) is 0 Å². The largest absolute Gasteiger partial charge is 0.389 e. The topological polar surface area (TPSA) is 50.9 Å². The van der Waals surface area contributed by atoms with Crippen LogP contribution in [0.1, 0.15) is 5.56 Å². The van der Waals surface area contributed by atoms with E-state index in [0.29, 0.717) is 17.1 Å². The Morgan fingerprint density at radius 2 is 2.17 bits per heavy atom. The highest BCUT2D eigenvalue weighted by atomic mass is 35.5. The maximum Gasteiger partial charge on any atom is 0.143 e. The van der Waals surface area contributed by atoms with Crippen molar-refractivity contribution in [2.24, 2.45) is 5.73 Å². The van der Waals surface area contributed by atoms with Gasteiger partial charge in [-0.25, -0.2) is 9.37 Å². The molecular formula is C12H9ClFN3S. The second-order valence-corrected chi connectivity index (χ2v) is 4.36. The number of benzene rings is 1. The lowest BCUT2D eigenvalue weighted by Gasteiger charge is -2.10. The molecule has 1 aromatic carbocycles. The maximum atomic E-state index is 13.3. The van der Waals surface area contributed by atoms with Crippen LogP contribution >= 0.6 is 23.8 Å².